The van der Waals surface area contributed by atoms with Crippen LogP contribution in [0, 0.1) is 12.8 Å². The highest BCUT2D eigenvalue weighted by molar-refractivity contribution is 5.89. The maximum atomic E-state index is 10.9. The normalized spacial score (nSPS) is 16.5. The van der Waals surface area contributed by atoms with Crippen molar-refractivity contribution in [2.75, 3.05) is 25.1 Å². The number of ether oxygens (including phenoxy) is 1. The Balaban J connectivity index is 1.99. The largest absolute Gasteiger partial charge is 0.478 e. The zero-order valence-corrected chi connectivity index (χ0v) is 10.6. The van der Waals surface area contributed by atoms with Gasteiger partial charge in [-0.05, 0) is 43.4 Å². The number of nitrogens with one attached hydrogen (secondary N) is 1. The highest BCUT2D eigenvalue weighted by atomic mass is 16.5. The van der Waals surface area contributed by atoms with Gasteiger partial charge in [0, 0.05) is 25.4 Å². The van der Waals surface area contributed by atoms with E-state index in [-0.39, 0.29) is 0 Å². The van der Waals surface area contributed by atoms with Crippen LogP contribution in [0.4, 0.5) is 5.69 Å². The SMILES string of the molecule is Cc1ccc(C(=O)O)cc1NCC1CCOCC1. The summed E-state index contributed by atoms with van der Waals surface area (Å²) in [6, 6.07) is 5.18. The summed E-state index contributed by atoms with van der Waals surface area (Å²) in [6.07, 6.45) is 2.15. The number of rotatable bonds is 4. The van der Waals surface area contributed by atoms with E-state index in [4.69, 9.17) is 9.84 Å². The number of carboxylic acids is 1. The van der Waals surface area contributed by atoms with E-state index in [0.717, 1.165) is 43.9 Å². The second kappa shape index (κ2) is 5.87. The third kappa shape index (κ3) is 3.23. The zero-order chi connectivity index (χ0) is 13.0. The molecule has 1 fully saturated rings. The third-order valence-electron chi connectivity index (χ3n) is 3.41. The van der Waals surface area contributed by atoms with Gasteiger partial charge in [-0.25, -0.2) is 4.79 Å². The Hall–Kier alpha value is -1.55. The second-order valence-corrected chi connectivity index (χ2v) is 4.77. The fourth-order valence-corrected chi connectivity index (χ4v) is 2.15. The van der Waals surface area contributed by atoms with E-state index < -0.39 is 5.97 Å². The minimum atomic E-state index is -0.885. The van der Waals surface area contributed by atoms with Gasteiger partial charge >= 0.3 is 5.97 Å². The van der Waals surface area contributed by atoms with Gasteiger partial charge in [0.25, 0.3) is 0 Å². The first-order valence-electron chi connectivity index (χ1n) is 6.32. The van der Waals surface area contributed by atoms with Crippen molar-refractivity contribution in [1.82, 2.24) is 0 Å². The molecule has 4 nitrogen and oxygen atoms in total. The van der Waals surface area contributed by atoms with Crippen molar-refractivity contribution in [3.63, 3.8) is 0 Å². The maximum Gasteiger partial charge on any atom is 0.335 e. The highest BCUT2D eigenvalue weighted by Crippen LogP contribution is 2.20. The van der Waals surface area contributed by atoms with Gasteiger partial charge in [0.2, 0.25) is 0 Å². The van der Waals surface area contributed by atoms with Crippen molar-refractivity contribution in [2.45, 2.75) is 19.8 Å². The number of hydrogen-bond acceptors (Lipinski definition) is 3. The van der Waals surface area contributed by atoms with Crippen molar-refractivity contribution in [1.29, 1.82) is 0 Å². The first-order chi connectivity index (χ1) is 8.66. The Kier molecular flexibility index (Phi) is 4.20. The van der Waals surface area contributed by atoms with Gasteiger partial charge < -0.3 is 15.2 Å². The summed E-state index contributed by atoms with van der Waals surface area (Å²) in [5.74, 6) is -0.268. The molecular weight excluding hydrogens is 230 g/mol. The van der Waals surface area contributed by atoms with Crippen LogP contribution in [0.5, 0.6) is 0 Å². The van der Waals surface area contributed by atoms with E-state index in [1.807, 2.05) is 13.0 Å². The van der Waals surface area contributed by atoms with E-state index in [0.29, 0.717) is 11.5 Å². The predicted octanol–water partition coefficient (Wildman–Crippen LogP) is 2.53. The average molecular weight is 249 g/mol. The number of carbonyl (C=O) groups is 1. The topological polar surface area (TPSA) is 58.6 Å². The minimum absolute atomic E-state index is 0.329. The average Bonchev–Trinajstić information content (AvgIpc) is 2.38. The standard InChI is InChI=1S/C14H19NO3/c1-10-2-3-12(14(16)17)8-13(10)15-9-11-4-6-18-7-5-11/h2-3,8,11,15H,4-7,9H2,1H3,(H,16,17). The van der Waals surface area contributed by atoms with Crippen LogP contribution < -0.4 is 5.32 Å². The Morgan fingerprint density at radius 3 is 2.83 bits per heavy atom. The van der Waals surface area contributed by atoms with Crippen LogP contribution in [0.3, 0.4) is 0 Å². The smallest absolute Gasteiger partial charge is 0.335 e. The van der Waals surface area contributed by atoms with Crippen LogP contribution in [0.1, 0.15) is 28.8 Å². The van der Waals surface area contributed by atoms with Crippen molar-refractivity contribution >= 4 is 11.7 Å². The summed E-state index contributed by atoms with van der Waals surface area (Å²) in [5, 5.41) is 12.3. The Morgan fingerprint density at radius 1 is 1.44 bits per heavy atom. The molecule has 1 saturated heterocycles. The van der Waals surface area contributed by atoms with Crippen LogP contribution in [0.2, 0.25) is 0 Å². The predicted molar refractivity (Wildman–Crippen MR) is 70.2 cm³/mol. The lowest BCUT2D eigenvalue weighted by molar-refractivity contribution is 0.0696. The molecule has 2 N–H and O–H groups in total. The van der Waals surface area contributed by atoms with Crippen molar-refractivity contribution in [3.05, 3.63) is 29.3 Å². The Bertz CT molecular complexity index is 425. The molecule has 1 heterocycles. The van der Waals surface area contributed by atoms with E-state index in [2.05, 4.69) is 5.32 Å². The first kappa shape index (κ1) is 12.9. The molecular formula is C14H19NO3. The lowest BCUT2D eigenvalue weighted by atomic mass is 10.00. The van der Waals surface area contributed by atoms with Crippen LogP contribution in [-0.4, -0.2) is 30.8 Å². The number of hydrogen-bond donors (Lipinski definition) is 2. The zero-order valence-electron chi connectivity index (χ0n) is 10.6. The second-order valence-electron chi connectivity index (χ2n) is 4.77. The van der Waals surface area contributed by atoms with E-state index >= 15 is 0 Å². The quantitative estimate of drug-likeness (QED) is 0.861. The third-order valence-corrected chi connectivity index (χ3v) is 3.41. The molecule has 0 radical (unpaired) electrons. The van der Waals surface area contributed by atoms with E-state index in [1.165, 1.54) is 0 Å². The minimum Gasteiger partial charge on any atom is -0.478 e. The summed E-state index contributed by atoms with van der Waals surface area (Å²) < 4.78 is 5.32. The van der Waals surface area contributed by atoms with Gasteiger partial charge in [0.05, 0.1) is 5.56 Å². The van der Waals surface area contributed by atoms with Gasteiger partial charge in [-0.15, -0.1) is 0 Å². The molecule has 0 saturated carbocycles. The molecule has 1 aromatic carbocycles. The monoisotopic (exact) mass is 249 g/mol. The number of anilines is 1. The number of benzene rings is 1. The van der Waals surface area contributed by atoms with Gasteiger partial charge in [-0.3, -0.25) is 0 Å². The molecule has 1 aliphatic rings. The first-order valence-corrected chi connectivity index (χ1v) is 6.32. The molecule has 0 atom stereocenters. The summed E-state index contributed by atoms with van der Waals surface area (Å²) in [6.45, 7) is 4.53. The number of aryl methyl sites for hydroxylation is 1. The van der Waals surface area contributed by atoms with Gasteiger partial charge in [-0.1, -0.05) is 6.07 Å². The molecule has 4 heteroatoms. The van der Waals surface area contributed by atoms with Gasteiger partial charge in [0.15, 0.2) is 0 Å². The lowest BCUT2D eigenvalue weighted by Gasteiger charge is -2.23. The van der Waals surface area contributed by atoms with Crippen molar-refractivity contribution in [3.8, 4) is 0 Å². The van der Waals surface area contributed by atoms with Crippen molar-refractivity contribution in [2.24, 2.45) is 5.92 Å². The van der Waals surface area contributed by atoms with Crippen molar-refractivity contribution < 1.29 is 14.6 Å². The molecule has 0 aromatic heterocycles. The lowest BCUT2D eigenvalue weighted by Crippen LogP contribution is -2.22. The number of carboxylic acid groups (broad SMARTS) is 1. The number of aromatic carboxylic acids is 1. The molecule has 1 aliphatic heterocycles. The van der Waals surface area contributed by atoms with Crippen LogP contribution in [0.15, 0.2) is 18.2 Å². The van der Waals surface area contributed by atoms with Crippen LogP contribution in [-0.2, 0) is 4.74 Å². The van der Waals surface area contributed by atoms with E-state index in [1.54, 1.807) is 12.1 Å². The molecule has 1 aromatic rings. The molecule has 0 spiro atoms. The molecule has 2 rings (SSSR count). The summed E-state index contributed by atoms with van der Waals surface area (Å²) in [4.78, 5) is 10.9. The Morgan fingerprint density at radius 2 is 2.17 bits per heavy atom. The van der Waals surface area contributed by atoms with E-state index in [9.17, 15) is 4.79 Å². The molecule has 98 valence electrons. The maximum absolute atomic E-state index is 10.9. The molecule has 0 unspecified atom stereocenters. The molecule has 0 bridgehead atoms. The molecule has 18 heavy (non-hydrogen) atoms. The Labute approximate surface area is 107 Å². The fourth-order valence-electron chi connectivity index (χ4n) is 2.15. The van der Waals surface area contributed by atoms with Crippen LogP contribution in [0.25, 0.3) is 0 Å². The van der Waals surface area contributed by atoms with Gasteiger partial charge in [0.1, 0.15) is 0 Å². The van der Waals surface area contributed by atoms with Crippen LogP contribution >= 0.6 is 0 Å². The van der Waals surface area contributed by atoms with Gasteiger partial charge in [-0.2, -0.15) is 0 Å². The highest BCUT2D eigenvalue weighted by Gasteiger charge is 2.14. The summed E-state index contributed by atoms with van der Waals surface area (Å²) >= 11 is 0. The summed E-state index contributed by atoms with van der Waals surface area (Å²) in [7, 11) is 0. The summed E-state index contributed by atoms with van der Waals surface area (Å²) in [5.41, 5.74) is 2.32. The fraction of sp³-hybridized carbons (Fsp3) is 0.500. The molecule has 0 amide bonds. The molecule has 0 aliphatic carbocycles.